The Morgan fingerprint density at radius 3 is 2.43 bits per heavy atom. The van der Waals surface area contributed by atoms with Crippen molar-refractivity contribution in [2.45, 2.75) is 31.3 Å². The van der Waals surface area contributed by atoms with Gasteiger partial charge in [-0.2, -0.15) is 0 Å². The van der Waals surface area contributed by atoms with Gasteiger partial charge in [-0.1, -0.05) is 5.92 Å². The van der Waals surface area contributed by atoms with E-state index in [1.54, 1.807) is 0 Å². The number of nitrogens with one attached hydrogen (secondary N) is 1. The summed E-state index contributed by atoms with van der Waals surface area (Å²) in [5.74, 6) is 2.45. The first-order chi connectivity index (χ1) is 6.58. The van der Waals surface area contributed by atoms with Gasteiger partial charge in [-0.05, 0) is 25.7 Å². The molecule has 0 aromatic carbocycles. The van der Waals surface area contributed by atoms with Crippen molar-refractivity contribution in [1.29, 1.82) is 0 Å². The third kappa shape index (κ3) is 2.39. The van der Waals surface area contributed by atoms with Crippen LogP contribution in [0.15, 0.2) is 0 Å². The summed E-state index contributed by atoms with van der Waals surface area (Å²) in [7, 11) is 0. The number of rotatable bonds is 1. The Bertz CT molecular complexity index is 287. The number of carbonyl (C=O) groups excluding carboxylic acids is 2. The predicted octanol–water partition coefficient (Wildman–Crippen LogP) is 0.737. The van der Waals surface area contributed by atoms with Crippen LogP contribution in [-0.2, 0) is 4.74 Å². The summed E-state index contributed by atoms with van der Waals surface area (Å²) in [6.45, 7) is 0. The van der Waals surface area contributed by atoms with Crippen molar-refractivity contribution in [3.05, 3.63) is 0 Å². The zero-order valence-corrected chi connectivity index (χ0v) is 7.71. The number of terminal acetylenes is 1. The van der Waals surface area contributed by atoms with Gasteiger partial charge in [0.05, 0.1) is 0 Å². The van der Waals surface area contributed by atoms with Crippen LogP contribution >= 0.6 is 0 Å². The van der Waals surface area contributed by atoms with Gasteiger partial charge >= 0.3 is 12.1 Å². The van der Waals surface area contributed by atoms with Gasteiger partial charge in [0.25, 0.3) is 0 Å². The number of hydrogen-bond donors (Lipinski definition) is 2. The Labute approximate surface area is 82.0 Å². The van der Waals surface area contributed by atoms with E-state index in [1.807, 2.05) is 5.32 Å². The molecular formula is C9H12N2O3. The molecule has 0 atom stereocenters. The van der Waals surface area contributed by atoms with E-state index in [1.165, 1.54) is 0 Å². The van der Waals surface area contributed by atoms with Gasteiger partial charge in [-0.15, -0.1) is 6.42 Å². The van der Waals surface area contributed by atoms with Crippen LogP contribution in [0.5, 0.6) is 0 Å². The van der Waals surface area contributed by atoms with Gasteiger partial charge in [0.1, 0.15) is 0 Å². The summed E-state index contributed by atoms with van der Waals surface area (Å²) >= 11 is 0. The Morgan fingerprint density at radius 1 is 1.43 bits per heavy atom. The standard InChI is InChI=1S/C9H12N2O3/c1-2-9(5-3-4-6-9)14-8(13)11-7(10)12/h1H,3-6H2,(H3,10,11,12,13). The van der Waals surface area contributed by atoms with E-state index >= 15 is 0 Å². The predicted molar refractivity (Wildman–Crippen MR) is 49.2 cm³/mol. The molecule has 0 unspecified atom stereocenters. The minimum absolute atomic E-state index is 0.635. The second kappa shape index (κ2) is 4.01. The maximum atomic E-state index is 11.0. The Kier molecular flexibility index (Phi) is 2.97. The van der Waals surface area contributed by atoms with E-state index in [4.69, 9.17) is 16.9 Å². The molecule has 1 rings (SSSR count). The number of carbonyl (C=O) groups is 2. The summed E-state index contributed by atoms with van der Waals surface area (Å²) in [5, 5.41) is 1.81. The van der Waals surface area contributed by atoms with Gasteiger partial charge < -0.3 is 10.5 Å². The van der Waals surface area contributed by atoms with Crippen LogP contribution < -0.4 is 11.1 Å². The average Bonchev–Trinajstić information content (AvgIpc) is 2.52. The molecule has 5 nitrogen and oxygen atoms in total. The highest BCUT2D eigenvalue weighted by molar-refractivity contribution is 5.89. The SMILES string of the molecule is C#CC1(OC(=O)NC(N)=O)CCCC1. The van der Waals surface area contributed by atoms with Gasteiger partial charge in [0.2, 0.25) is 0 Å². The van der Waals surface area contributed by atoms with E-state index in [0.717, 1.165) is 12.8 Å². The average molecular weight is 196 g/mol. The molecule has 0 aliphatic heterocycles. The fourth-order valence-corrected chi connectivity index (χ4v) is 1.53. The molecule has 3 N–H and O–H groups in total. The van der Waals surface area contributed by atoms with Crippen LogP contribution in [0, 0.1) is 12.3 Å². The maximum Gasteiger partial charge on any atom is 0.416 e. The van der Waals surface area contributed by atoms with Gasteiger partial charge in [0, 0.05) is 0 Å². The third-order valence-corrected chi connectivity index (χ3v) is 2.19. The first kappa shape index (κ1) is 10.4. The second-order valence-corrected chi connectivity index (χ2v) is 3.22. The minimum atomic E-state index is -0.944. The summed E-state index contributed by atoms with van der Waals surface area (Å²) in [4.78, 5) is 21.4. The zero-order chi connectivity index (χ0) is 10.6. The Morgan fingerprint density at radius 2 is 2.00 bits per heavy atom. The number of urea groups is 1. The molecule has 1 aliphatic carbocycles. The molecule has 0 radical (unpaired) electrons. The molecule has 1 aliphatic rings. The fraction of sp³-hybridized carbons (Fsp3) is 0.556. The molecule has 0 spiro atoms. The first-order valence-electron chi connectivity index (χ1n) is 4.35. The minimum Gasteiger partial charge on any atom is -0.429 e. The van der Waals surface area contributed by atoms with E-state index < -0.39 is 17.7 Å². The second-order valence-electron chi connectivity index (χ2n) is 3.22. The largest absolute Gasteiger partial charge is 0.429 e. The van der Waals surface area contributed by atoms with Gasteiger partial charge in [-0.3, -0.25) is 0 Å². The number of ether oxygens (including phenoxy) is 1. The molecular weight excluding hydrogens is 184 g/mol. The molecule has 0 aromatic heterocycles. The number of nitrogens with two attached hydrogens (primary N) is 1. The van der Waals surface area contributed by atoms with Crippen molar-refractivity contribution in [1.82, 2.24) is 5.32 Å². The molecule has 0 saturated heterocycles. The number of primary amides is 1. The van der Waals surface area contributed by atoms with E-state index in [-0.39, 0.29) is 0 Å². The molecule has 76 valence electrons. The highest BCUT2D eigenvalue weighted by atomic mass is 16.6. The van der Waals surface area contributed by atoms with Crippen LogP contribution in [-0.4, -0.2) is 17.7 Å². The lowest BCUT2D eigenvalue weighted by molar-refractivity contribution is 0.0608. The van der Waals surface area contributed by atoms with E-state index in [9.17, 15) is 9.59 Å². The molecule has 3 amide bonds. The lowest BCUT2D eigenvalue weighted by Gasteiger charge is -2.22. The summed E-state index contributed by atoms with van der Waals surface area (Å²) < 4.78 is 4.97. The van der Waals surface area contributed by atoms with Crippen LogP contribution in [0.2, 0.25) is 0 Å². The molecule has 0 aromatic rings. The molecule has 14 heavy (non-hydrogen) atoms. The van der Waals surface area contributed by atoms with Gasteiger partial charge in [0.15, 0.2) is 5.60 Å². The highest BCUT2D eigenvalue weighted by Crippen LogP contribution is 2.32. The van der Waals surface area contributed by atoms with Crippen molar-refractivity contribution in [2.24, 2.45) is 5.73 Å². The number of imide groups is 1. The van der Waals surface area contributed by atoms with E-state index in [0.29, 0.717) is 12.8 Å². The van der Waals surface area contributed by atoms with Crippen LogP contribution in [0.3, 0.4) is 0 Å². The number of hydrogen-bond acceptors (Lipinski definition) is 3. The summed E-state index contributed by atoms with van der Waals surface area (Å²) in [6.07, 6.45) is 7.52. The lowest BCUT2D eigenvalue weighted by atomic mass is 10.0. The normalized spacial score (nSPS) is 18.2. The molecule has 1 saturated carbocycles. The first-order valence-corrected chi connectivity index (χ1v) is 4.35. The third-order valence-electron chi connectivity index (χ3n) is 2.19. The van der Waals surface area contributed by atoms with E-state index in [2.05, 4.69) is 5.92 Å². The van der Waals surface area contributed by atoms with Crippen molar-refractivity contribution in [3.63, 3.8) is 0 Å². The van der Waals surface area contributed by atoms with Crippen molar-refractivity contribution in [2.75, 3.05) is 0 Å². The topological polar surface area (TPSA) is 81.4 Å². The summed E-state index contributed by atoms with van der Waals surface area (Å²) in [5.41, 5.74) is 3.90. The zero-order valence-electron chi connectivity index (χ0n) is 7.71. The maximum absolute atomic E-state index is 11.0. The Balaban J connectivity index is 2.53. The highest BCUT2D eigenvalue weighted by Gasteiger charge is 2.35. The molecule has 0 heterocycles. The molecule has 1 fully saturated rings. The fourth-order valence-electron chi connectivity index (χ4n) is 1.53. The molecule has 0 bridgehead atoms. The number of alkyl carbamates (subject to hydrolysis) is 1. The Hall–Kier alpha value is -1.70. The number of amides is 3. The van der Waals surface area contributed by atoms with Crippen molar-refractivity contribution < 1.29 is 14.3 Å². The lowest BCUT2D eigenvalue weighted by Crippen LogP contribution is -2.41. The smallest absolute Gasteiger partial charge is 0.416 e. The van der Waals surface area contributed by atoms with Crippen LogP contribution in [0.4, 0.5) is 9.59 Å². The molecule has 5 heteroatoms. The quantitative estimate of drug-likeness (QED) is 0.607. The van der Waals surface area contributed by atoms with Crippen molar-refractivity contribution >= 4 is 12.1 Å². The monoisotopic (exact) mass is 196 g/mol. The summed E-state index contributed by atoms with van der Waals surface area (Å²) in [6, 6.07) is -0.944. The van der Waals surface area contributed by atoms with Gasteiger partial charge in [-0.25, -0.2) is 14.9 Å². The van der Waals surface area contributed by atoms with Crippen molar-refractivity contribution in [3.8, 4) is 12.3 Å². The van der Waals surface area contributed by atoms with Crippen LogP contribution in [0.1, 0.15) is 25.7 Å². The van der Waals surface area contributed by atoms with Crippen LogP contribution in [0.25, 0.3) is 0 Å².